The van der Waals surface area contributed by atoms with Gasteiger partial charge in [0.15, 0.2) is 0 Å². The summed E-state index contributed by atoms with van der Waals surface area (Å²) in [6.45, 7) is 11.1. The van der Waals surface area contributed by atoms with E-state index in [0.29, 0.717) is 11.5 Å². The Kier molecular flexibility index (Phi) is 5.09. The zero-order valence-electron chi connectivity index (χ0n) is 13.5. The SMILES string of the molecule is CCNCC(CC)(CC)CC1Cc2cc(C)ccc2O1. The van der Waals surface area contributed by atoms with Gasteiger partial charge in [0.05, 0.1) is 0 Å². The molecule has 1 aromatic carbocycles. The van der Waals surface area contributed by atoms with E-state index in [2.05, 4.69) is 51.2 Å². The number of hydrogen-bond acceptors (Lipinski definition) is 2. The van der Waals surface area contributed by atoms with E-state index in [-0.39, 0.29) is 0 Å². The number of aryl methyl sites for hydroxylation is 1. The van der Waals surface area contributed by atoms with Crippen molar-refractivity contribution in [2.24, 2.45) is 5.41 Å². The van der Waals surface area contributed by atoms with Gasteiger partial charge in [-0.2, -0.15) is 0 Å². The van der Waals surface area contributed by atoms with Crippen LogP contribution in [-0.4, -0.2) is 19.2 Å². The molecule has 20 heavy (non-hydrogen) atoms. The van der Waals surface area contributed by atoms with Crippen LogP contribution >= 0.6 is 0 Å². The van der Waals surface area contributed by atoms with Crippen molar-refractivity contribution in [3.8, 4) is 5.75 Å². The normalized spacial score (nSPS) is 17.9. The molecule has 2 rings (SSSR count). The lowest BCUT2D eigenvalue weighted by Gasteiger charge is -2.34. The van der Waals surface area contributed by atoms with Crippen molar-refractivity contribution in [3.63, 3.8) is 0 Å². The van der Waals surface area contributed by atoms with E-state index in [9.17, 15) is 0 Å². The summed E-state index contributed by atoms with van der Waals surface area (Å²) >= 11 is 0. The Bertz CT molecular complexity index is 437. The molecule has 2 heteroatoms. The van der Waals surface area contributed by atoms with Gasteiger partial charge in [-0.25, -0.2) is 0 Å². The van der Waals surface area contributed by atoms with Gasteiger partial charge in [-0.3, -0.25) is 0 Å². The van der Waals surface area contributed by atoms with Crippen molar-refractivity contribution in [1.82, 2.24) is 5.32 Å². The lowest BCUT2D eigenvalue weighted by atomic mass is 9.76. The topological polar surface area (TPSA) is 21.3 Å². The number of rotatable bonds is 7. The average Bonchev–Trinajstić information content (AvgIpc) is 2.84. The summed E-state index contributed by atoms with van der Waals surface area (Å²) in [5.41, 5.74) is 3.09. The van der Waals surface area contributed by atoms with Gasteiger partial charge in [0, 0.05) is 13.0 Å². The van der Waals surface area contributed by atoms with Crippen LogP contribution in [0.5, 0.6) is 5.75 Å². The molecule has 0 fully saturated rings. The van der Waals surface area contributed by atoms with Crippen molar-refractivity contribution in [2.75, 3.05) is 13.1 Å². The molecular formula is C18H29NO. The first-order valence-electron chi connectivity index (χ1n) is 8.09. The summed E-state index contributed by atoms with van der Waals surface area (Å²) in [6.07, 6.45) is 5.01. The molecule has 0 bridgehead atoms. The molecule has 0 amide bonds. The predicted octanol–water partition coefficient (Wildman–Crippen LogP) is 4.10. The van der Waals surface area contributed by atoms with Gasteiger partial charge in [-0.05, 0) is 49.8 Å². The fourth-order valence-electron chi connectivity index (χ4n) is 3.30. The molecule has 1 aliphatic rings. The number of hydrogen-bond donors (Lipinski definition) is 1. The van der Waals surface area contributed by atoms with Crippen molar-refractivity contribution in [2.45, 2.75) is 59.5 Å². The van der Waals surface area contributed by atoms with Crippen LogP contribution in [0.1, 0.15) is 51.2 Å². The van der Waals surface area contributed by atoms with Gasteiger partial charge in [0.1, 0.15) is 11.9 Å². The Hall–Kier alpha value is -1.02. The second-order valence-electron chi connectivity index (χ2n) is 6.25. The molecule has 0 saturated heterocycles. The monoisotopic (exact) mass is 275 g/mol. The summed E-state index contributed by atoms with van der Waals surface area (Å²) in [4.78, 5) is 0. The Morgan fingerprint density at radius 1 is 1.25 bits per heavy atom. The summed E-state index contributed by atoms with van der Waals surface area (Å²) in [5.74, 6) is 1.10. The minimum absolute atomic E-state index is 0.352. The highest BCUT2D eigenvalue weighted by atomic mass is 16.5. The second-order valence-corrected chi connectivity index (χ2v) is 6.25. The lowest BCUT2D eigenvalue weighted by molar-refractivity contribution is 0.123. The maximum absolute atomic E-state index is 6.17. The molecule has 0 spiro atoms. The quantitative estimate of drug-likeness (QED) is 0.808. The molecule has 1 N–H and O–H groups in total. The van der Waals surface area contributed by atoms with Crippen LogP contribution in [0.3, 0.4) is 0 Å². The Balaban J connectivity index is 2.03. The van der Waals surface area contributed by atoms with E-state index in [1.165, 1.54) is 24.0 Å². The second kappa shape index (κ2) is 6.62. The molecule has 1 aromatic rings. The van der Waals surface area contributed by atoms with Crippen LogP contribution in [-0.2, 0) is 6.42 Å². The van der Waals surface area contributed by atoms with Crippen LogP contribution in [0.2, 0.25) is 0 Å². The van der Waals surface area contributed by atoms with E-state index < -0.39 is 0 Å². The molecule has 1 heterocycles. The van der Waals surface area contributed by atoms with Crippen molar-refractivity contribution in [3.05, 3.63) is 29.3 Å². The van der Waals surface area contributed by atoms with Gasteiger partial charge in [0.25, 0.3) is 0 Å². The number of benzene rings is 1. The fourth-order valence-corrected chi connectivity index (χ4v) is 3.30. The summed E-state index contributed by atoms with van der Waals surface area (Å²) in [7, 11) is 0. The molecule has 112 valence electrons. The fraction of sp³-hybridized carbons (Fsp3) is 0.667. The van der Waals surface area contributed by atoms with E-state index >= 15 is 0 Å². The molecule has 0 radical (unpaired) electrons. The molecule has 2 nitrogen and oxygen atoms in total. The van der Waals surface area contributed by atoms with E-state index in [4.69, 9.17) is 4.74 Å². The minimum atomic E-state index is 0.352. The van der Waals surface area contributed by atoms with Crippen LogP contribution in [0, 0.1) is 12.3 Å². The van der Waals surface area contributed by atoms with Crippen LogP contribution in [0.15, 0.2) is 18.2 Å². The van der Waals surface area contributed by atoms with Crippen LogP contribution in [0.25, 0.3) is 0 Å². The molecule has 0 aromatic heterocycles. The number of nitrogens with one attached hydrogen (secondary N) is 1. The van der Waals surface area contributed by atoms with Gasteiger partial charge < -0.3 is 10.1 Å². The first kappa shape index (κ1) is 15.4. The molecule has 1 unspecified atom stereocenters. The predicted molar refractivity (Wildman–Crippen MR) is 85.5 cm³/mol. The zero-order chi connectivity index (χ0) is 14.6. The van der Waals surface area contributed by atoms with E-state index in [0.717, 1.165) is 31.7 Å². The summed E-state index contributed by atoms with van der Waals surface area (Å²) in [5, 5.41) is 3.54. The molecular weight excluding hydrogens is 246 g/mol. The highest BCUT2D eigenvalue weighted by molar-refractivity contribution is 5.40. The maximum Gasteiger partial charge on any atom is 0.123 e. The first-order chi connectivity index (χ1) is 9.62. The number of ether oxygens (including phenoxy) is 1. The highest BCUT2D eigenvalue weighted by Crippen LogP contribution is 2.38. The third-order valence-corrected chi connectivity index (χ3v) is 4.87. The summed E-state index contributed by atoms with van der Waals surface area (Å²) in [6, 6.07) is 6.56. The van der Waals surface area contributed by atoms with Crippen LogP contribution < -0.4 is 10.1 Å². The highest BCUT2D eigenvalue weighted by Gasteiger charge is 2.33. The van der Waals surface area contributed by atoms with E-state index in [1.807, 2.05) is 0 Å². The van der Waals surface area contributed by atoms with Crippen molar-refractivity contribution < 1.29 is 4.74 Å². The Labute approximate surface area is 123 Å². The minimum Gasteiger partial charge on any atom is -0.490 e. The smallest absolute Gasteiger partial charge is 0.123 e. The van der Waals surface area contributed by atoms with Crippen molar-refractivity contribution >= 4 is 0 Å². The van der Waals surface area contributed by atoms with Gasteiger partial charge in [0.2, 0.25) is 0 Å². The summed E-state index contributed by atoms with van der Waals surface area (Å²) < 4.78 is 6.17. The Morgan fingerprint density at radius 2 is 2.00 bits per heavy atom. The maximum atomic E-state index is 6.17. The third-order valence-electron chi connectivity index (χ3n) is 4.87. The molecule has 0 saturated carbocycles. The van der Waals surface area contributed by atoms with Crippen molar-refractivity contribution in [1.29, 1.82) is 0 Å². The standard InChI is InChI=1S/C18H29NO/c1-5-18(6-2,13-19-7-3)12-16-11-15-10-14(4)8-9-17(15)20-16/h8-10,16,19H,5-7,11-13H2,1-4H3. The number of fused-ring (bicyclic) bond motifs is 1. The largest absolute Gasteiger partial charge is 0.490 e. The Morgan fingerprint density at radius 3 is 2.65 bits per heavy atom. The van der Waals surface area contributed by atoms with Crippen LogP contribution in [0.4, 0.5) is 0 Å². The molecule has 1 aliphatic heterocycles. The first-order valence-corrected chi connectivity index (χ1v) is 8.09. The van der Waals surface area contributed by atoms with E-state index in [1.54, 1.807) is 0 Å². The third kappa shape index (κ3) is 3.35. The molecule has 1 atom stereocenters. The lowest BCUT2D eigenvalue weighted by Crippen LogP contribution is -2.37. The van der Waals surface area contributed by atoms with Gasteiger partial charge in [-0.1, -0.05) is 38.5 Å². The average molecular weight is 275 g/mol. The molecule has 0 aliphatic carbocycles. The zero-order valence-corrected chi connectivity index (χ0v) is 13.5. The van der Waals surface area contributed by atoms with Gasteiger partial charge >= 0.3 is 0 Å². The van der Waals surface area contributed by atoms with Gasteiger partial charge in [-0.15, -0.1) is 0 Å².